The van der Waals surface area contributed by atoms with Gasteiger partial charge in [0.1, 0.15) is 5.82 Å². The zero-order chi connectivity index (χ0) is 11.4. The van der Waals surface area contributed by atoms with E-state index in [9.17, 15) is 0 Å². The number of nitrogens with two attached hydrogens (primary N) is 1. The number of anilines is 1. The van der Waals surface area contributed by atoms with Crippen molar-refractivity contribution < 1.29 is 0 Å². The van der Waals surface area contributed by atoms with Gasteiger partial charge in [0, 0.05) is 24.2 Å². The van der Waals surface area contributed by atoms with Gasteiger partial charge in [-0.15, -0.1) is 0 Å². The summed E-state index contributed by atoms with van der Waals surface area (Å²) in [5.74, 6) is 0.943. The van der Waals surface area contributed by atoms with E-state index in [4.69, 9.17) is 5.73 Å². The predicted molar refractivity (Wildman–Crippen MR) is 68.5 cm³/mol. The Morgan fingerprint density at radius 1 is 1.31 bits per heavy atom. The van der Waals surface area contributed by atoms with Gasteiger partial charge in [0.05, 0.1) is 0 Å². The van der Waals surface area contributed by atoms with Crippen molar-refractivity contribution in [2.24, 2.45) is 5.73 Å². The number of pyridine rings is 1. The van der Waals surface area contributed by atoms with E-state index in [1.165, 1.54) is 5.39 Å². The molecule has 0 bridgehead atoms. The van der Waals surface area contributed by atoms with Crippen molar-refractivity contribution in [2.75, 3.05) is 11.9 Å². The third-order valence-corrected chi connectivity index (χ3v) is 2.57. The van der Waals surface area contributed by atoms with Crippen LogP contribution >= 0.6 is 0 Å². The van der Waals surface area contributed by atoms with Crippen molar-refractivity contribution in [3.8, 4) is 0 Å². The summed E-state index contributed by atoms with van der Waals surface area (Å²) in [6.07, 6.45) is 2.78. The smallest absolute Gasteiger partial charge is 0.133 e. The Morgan fingerprint density at radius 2 is 2.12 bits per heavy atom. The molecule has 0 radical (unpaired) electrons. The molecule has 3 N–H and O–H groups in total. The average molecular weight is 215 g/mol. The monoisotopic (exact) mass is 215 g/mol. The maximum atomic E-state index is 5.71. The highest BCUT2D eigenvalue weighted by atomic mass is 15.0. The van der Waals surface area contributed by atoms with Gasteiger partial charge in [-0.1, -0.05) is 24.3 Å². The fraction of sp³-hybridized carbons (Fsp3) is 0.308. The molecule has 0 amide bonds. The number of rotatable bonds is 4. The van der Waals surface area contributed by atoms with E-state index in [1.807, 2.05) is 31.3 Å². The van der Waals surface area contributed by atoms with Crippen LogP contribution in [0, 0.1) is 0 Å². The Morgan fingerprint density at radius 3 is 2.94 bits per heavy atom. The zero-order valence-electron chi connectivity index (χ0n) is 9.48. The third kappa shape index (κ3) is 2.49. The molecular formula is C13H17N3. The lowest BCUT2D eigenvalue weighted by Gasteiger charge is -2.09. The molecule has 0 aliphatic rings. The SMILES string of the molecule is CC(N)CCNc1nccc2ccccc12. The molecule has 0 aliphatic carbocycles. The minimum absolute atomic E-state index is 0.225. The minimum atomic E-state index is 0.225. The van der Waals surface area contributed by atoms with Gasteiger partial charge in [-0.25, -0.2) is 4.98 Å². The lowest BCUT2D eigenvalue weighted by molar-refractivity contribution is 0.689. The Balaban J connectivity index is 2.17. The first-order chi connectivity index (χ1) is 7.77. The topological polar surface area (TPSA) is 50.9 Å². The first kappa shape index (κ1) is 10.9. The van der Waals surface area contributed by atoms with Gasteiger partial charge >= 0.3 is 0 Å². The average Bonchev–Trinajstić information content (AvgIpc) is 2.29. The Kier molecular flexibility index (Phi) is 3.37. The molecule has 1 aromatic carbocycles. The van der Waals surface area contributed by atoms with Crippen LogP contribution in [0.5, 0.6) is 0 Å². The molecule has 0 aliphatic heterocycles. The van der Waals surface area contributed by atoms with Crippen LogP contribution in [0.15, 0.2) is 36.5 Å². The fourth-order valence-electron chi connectivity index (χ4n) is 1.68. The van der Waals surface area contributed by atoms with E-state index in [0.29, 0.717) is 0 Å². The second-order valence-electron chi connectivity index (χ2n) is 4.07. The highest BCUT2D eigenvalue weighted by Gasteiger charge is 2.01. The lowest BCUT2D eigenvalue weighted by atomic mass is 10.1. The van der Waals surface area contributed by atoms with E-state index in [0.717, 1.165) is 24.2 Å². The number of hydrogen-bond acceptors (Lipinski definition) is 3. The molecule has 0 spiro atoms. The van der Waals surface area contributed by atoms with Crippen LogP contribution in [0.4, 0.5) is 5.82 Å². The molecule has 1 heterocycles. The number of fused-ring (bicyclic) bond motifs is 1. The first-order valence-electron chi connectivity index (χ1n) is 5.60. The number of aromatic nitrogens is 1. The summed E-state index contributed by atoms with van der Waals surface area (Å²) >= 11 is 0. The van der Waals surface area contributed by atoms with Gasteiger partial charge in [0.15, 0.2) is 0 Å². The van der Waals surface area contributed by atoms with E-state index in [1.54, 1.807) is 0 Å². The molecule has 2 aromatic rings. The molecule has 1 aromatic heterocycles. The summed E-state index contributed by atoms with van der Waals surface area (Å²) in [7, 11) is 0. The third-order valence-electron chi connectivity index (χ3n) is 2.57. The lowest BCUT2D eigenvalue weighted by Crippen LogP contribution is -2.19. The molecule has 0 fully saturated rings. The summed E-state index contributed by atoms with van der Waals surface area (Å²) in [5, 5.41) is 5.70. The minimum Gasteiger partial charge on any atom is -0.370 e. The Bertz CT molecular complexity index is 460. The van der Waals surface area contributed by atoms with Crippen molar-refractivity contribution in [3.05, 3.63) is 36.5 Å². The maximum absolute atomic E-state index is 5.71. The van der Waals surface area contributed by atoms with Crippen LogP contribution in [0.3, 0.4) is 0 Å². The largest absolute Gasteiger partial charge is 0.370 e. The van der Waals surface area contributed by atoms with Gasteiger partial charge in [-0.2, -0.15) is 0 Å². The number of benzene rings is 1. The van der Waals surface area contributed by atoms with Crippen LogP contribution < -0.4 is 11.1 Å². The van der Waals surface area contributed by atoms with E-state index < -0.39 is 0 Å². The first-order valence-corrected chi connectivity index (χ1v) is 5.60. The molecule has 0 saturated heterocycles. The van der Waals surface area contributed by atoms with Crippen LogP contribution in [0.25, 0.3) is 10.8 Å². The standard InChI is InChI=1S/C13H17N3/c1-10(14)6-8-15-13-12-5-3-2-4-11(12)7-9-16-13/h2-5,7,9-10H,6,8,14H2,1H3,(H,15,16). The van der Waals surface area contributed by atoms with Crippen molar-refractivity contribution in [2.45, 2.75) is 19.4 Å². The summed E-state index contributed by atoms with van der Waals surface area (Å²) < 4.78 is 0. The quantitative estimate of drug-likeness (QED) is 0.823. The number of nitrogens with zero attached hydrogens (tertiary/aromatic N) is 1. The van der Waals surface area contributed by atoms with Crippen molar-refractivity contribution in [1.82, 2.24) is 4.98 Å². The van der Waals surface area contributed by atoms with Crippen LogP contribution in [-0.2, 0) is 0 Å². The predicted octanol–water partition coefficient (Wildman–Crippen LogP) is 2.38. The van der Waals surface area contributed by atoms with Gasteiger partial charge < -0.3 is 11.1 Å². The van der Waals surface area contributed by atoms with Crippen LogP contribution in [0.1, 0.15) is 13.3 Å². The second-order valence-corrected chi connectivity index (χ2v) is 4.07. The number of hydrogen-bond donors (Lipinski definition) is 2. The summed E-state index contributed by atoms with van der Waals surface area (Å²) in [4.78, 5) is 4.35. The fourth-order valence-corrected chi connectivity index (χ4v) is 1.68. The number of nitrogens with one attached hydrogen (secondary N) is 1. The maximum Gasteiger partial charge on any atom is 0.133 e. The van der Waals surface area contributed by atoms with Gasteiger partial charge in [0.2, 0.25) is 0 Å². The molecule has 2 rings (SSSR count). The van der Waals surface area contributed by atoms with Gasteiger partial charge in [0.25, 0.3) is 0 Å². The molecule has 16 heavy (non-hydrogen) atoms. The van der Waals surface area contributed by atoms with Crippen molar-refractivity contribution >= 4 is 16.6 Å². The molecule has 84 valence electrons. The molecule has 1 atom stereocenters. The van der Waals surface area contributed by atoms with Crippen LogP contribution in [0.2, 0.25) is 0 Å². The normalized spacial score (nSPS) is 12.6. The van der Waals surface area contributed by atoms with E-state index in [2.05, 4.69) is 22.4 Å². The Hall–Kier alpha value is -1.61. The molecule has 1 unspecified atom stereocenters. The van der Waals surface area contributed by atoms with Crippen molar-refractivity contribution in [3.63, 3.8) is 0 Å². The molecule has 3 nitrogen and oxygen atoms in total. The molecular weight excluding hydrogens is 198 g/mol. The summed E-state index contributed by atoms with van der Waals surface area (Å²) in [5.41, 5.74) is 5.71. The molecule has 3 heteroatoms. The summed E-state index contributed by atoms with van der Waals surface area (Å²) in [6.45, 7) is 2.87. The van der Waals surface area contributed by atoms with Gasteiger partial charge in [-0.3, -0.25) is 0 Å². The van der Waals surface area contributed by atoms with Crippen LogP contribution in [-0.4, -0.2) is 17.6 Å². The van der Waals surface area contributed by atoms with E-state index in [-0.39, 0.29) is 6.04 Å². The Labute approximate surface area is 95.7 Å². The van der Waals surface area contributed by atoms with E-state index >= 15 is 0 Å². The zero-order valence-corrected chi connectivity index (χ0v) is 9.48. The molecule has 0 saturated carbocycles. The highest BCUT2D eigenvalue weighted by molar-refractivity contribution is 5.91. The van der Waals surface area contributed by atoms with Gasteiger partial charge in [-0.05, 0) is 24.8 Å². The summed E-state index contributed by atoms with van der Waals surface area (Å²) in [6, 6.07) is 10.5. The van der Waals surface area contributed by atoms with Crippen molar-refractivity contribution in [1.29, 1.82) is 0 Å². The highest BCUT2D eigenvalue weighted by Crippen LogP contribution is 2.20. The second kappa shape index (κ2) is 4.94.